The maximum absolute atomic E-state index is 11.6. The molecule has 0 aliphatic carbocycles. The third-order valence-corrected chi connectivity index (χ3v) is 2.22. The van der Waals surface area contributed by atoms with Crippen molar-refractivity contribution in [2.24, 2.45) is 0 Å². The molecule has 0 saturated carbocycles. The van der Waals surface area contributed by atoms with Gasteiger partial charge in [0.15, 0.2) is 6.61 Å². The number of hydrogen-bond donors (Lipinski definition) is 1. The highest BCUT2D eigenvalue weighted by Gasteiger charge is 2.22. The van der Waals surface area contributed by atoms with Gasteiger partial charge in [-0.15, -0.1) is 0 Å². The smallest absolute Gasteiger partial charge is 0.345 e. The van der Waals surface area contributed by atoms with Gasteiger partial charge in [-0.2, -0.15) is 0 Å². The lowest BCUT2D eigenvalue weighted by Crippen LogP contribution is -2.25. The van der Waals surface area contributed by atoms with Crippen LogP contribution in [0.4, 0.5) is 5.69 Å². The molecule has 0 aliphatic rings. The number of nitrogens with one attached hydrogen (secondary N) is 1. The maximum atomic E-state index is 11.6. The van der Waals surface area contributed by atoms with Gasteiger partial charge in [-0.05, 0) is 12.1 Å². The molecule has 0 unspecified atom stereocenters. The Labute approximate surface area is 107 Å². The quantitative estimate of drug-likeness (QED) is 0.503. The Morgan fingerprint density at radius 1 is 1.50 bits per heavy atom. The number of ether oxygens (including phenoxy) is 1. The highest BCUT2D eigenvalue weighted by molar-refractivity contribution is 6.31. The molecule has 0 spiro atoms. The summed E-state index contributed by atoms with van der Waals surface area (Å²) in [7, 11) is 1.38. The molecule has 1 aromatic rings. The van der Waals surface area contributed by atoms with E-state index in [1.807, 2.05) is 0 Å². The summed E-state index contributed by atoms with van der Waals surface area (Å²) in [5, 5.41) is 13.1. The molecular weight excluding hydrogens is 264 g/mol. The van der Waals surface area contributed by atoms with Gasteiger partial charge in [0.25, 0.3) is 11.6 Å². The molecule has 8 heteroatoms. The van der Waals surface area contributed by atoms with Crippen molar-refractivity contribution in [2.75, 3.05) is 13.7 Å². The summed E-state index contributed by atoms with van der Waals surface area (Å²) in [4.78, 5) is 32.4. The summed E-state index contributed by atoms with van der Waals surface area (Å²) in [5.74, 6) is -1.47. The summed E-state index contributed by atoms with van der Waals surface area (Å²) in [6, 6.07) is 3.54. The van der Waals surface area contributed by atoms with E-state index in [4.69, 9.17) is 11.6 Å². The fourth-order valence-electron chi connectivity index (χ4n) is 1.11. The zero-order chi connectivity index (χ0) is 13.7. The topological polar surface area (TPSA) is 98.5 Å². The second-order valence-electron chi connectivity index (χ2n) is 3.17. The molecular formula is C10H9ClN2O5. The van der Waals surface area contributed by atoms with Crippen LogP contribution in [0.1, 0.15) is 10.4 Å². The van der Waals surface area contributed by atoms with E-state index in [0.29, 0.717) is 0 Å². The molecule has 0 aromatic heterocycles. The van der Waals surface area contributed by atoms with E-state index < -0.39 is 29.1 Å². The molecule has 7 nitrogen and oxygen atoms in total. The summed E-state index contributed by atoms with van der Waals surface area (Å²) < 4.78 is 4.61. The molecule has 0 atom stereocenters. The zero-order valence-corrected chi connectivity index (χ0v) is 10.1. The number of rotatable bonds is 4. The van der Waals surface area contributed by atoms with Gasteiger partial charge < -0.3 is 10.1 Å². The highest BCUT2D eigenvalue weighted by Crippen LogP contribution is 2.23. The van der Waals surface area contributed by atoms with E-state index in [2.05, 4.69) is 10.1 Å². The van der Waals surface area contributed by atoms with E-state index in [0.717, 1.165) is 6.07 Å². The molecule has 0 aliphatic heterocycles. The number of benzene rings is 1. The Hall–Kier alpha value is -2.15. The molecule has 1 rings (SSSR count). The summed E-state index contributed by atoms with van der Waals surface area (Å²) in [6.07, 6.45) is 0. The molecule has 1 aromatic carbocycles. The van der Waals surface area contributed by atoms with Crippen LogP contribution >= 0.6 is 11.6 Å². The number of nitro benzene ring substituents is 1. The lowest BCUT2D eigenvalue weighted by molar-refractivity contribution is -0.385. The van der Waals surface area contributed by atoms with Gasteiger partial charge in [-0.25, -0.2) is 4.79 Å². The number of hydrogen-bond acceptors (Lipinski definition) is 5. The normalized spacial score (nSPS) is 9.67. The van der Waals surface area contributed by atoms with Crippen molar-refractivity contribution >= 4 is 29.2 Å². The lowest BCUT2D eigenvalue weighted by Gasteiger charge is -2.04. The first-order valence-electron chi connectivity index (χ1n) is 4.77. The van der Waals surface area contributed by atoms with E-state index in [9.17, 15) is 19.7 Å². The van der Waals surface area contributed by atoms with Crippen molar-refractivity contribution in [3.8, 4) is 0 Å². The number of nitro groups is 1. The minimum Gasteiger partial charge on any atom is -0.452 e. The average Bonchev–Trinajstić information content (AvgIpc) is 2.35. The molecule has 0 saturated heterocycles. The number of halogens is 1. The van der Waals surface area contributed by atoms with Crippen LogP contribution in [0.15, 0.2) is 18.2 Å². The number of nitrogens with zero attached hydrogens (tertiary/aromatic N) is 1. The highest BCUT2D eigenvalue weighted by atomic mass is 35.5. The van der Waals surface area contributed by atoms with E-state index >= 15 is 0 Å². The molecule has 18 heavy (non-hydrogen) atoms. The van der Waals surface area contributed by atoms with Gasteiger partial charge in [0, 0.05) is 18.1 Å². The monoisotopic (exact) mass is 272 g/mol. The van der Waals surface area contributed by atoms with Gasteiger partial charge in [0.05, 0.1) is 4.92 Å². The largest absolute Gasteiger partial charge is 0.452 e. The fourth-order valence-corrected chi connectivity index (χ4v) is 1.28. The molecule has 1 amide bonds. The maximum Gasteiger partial charge on any atom is 0.345 e. The lowest BCUT2D eigenvalue weighted by atomic mass is 10.2. The molecule has 96 valence electrons. The SMILES string of the molecule is CNC(=O)COC(=O)c1ccc(Cl)cc1[N+](=O)[O-]. The molecule has 0 bridgehead atoms. The third kappa shape index (κ3) is 3.42. The van der Waals surface area contributed by atoms with Gasteiger partial charge in [0.1, 0.15) is 5.56 Å². The first kappa shape index (κ1) is 13.9. The van der Waals surface area contributed by atoms with Crippen LogP contribution in [-0.2, 0) is 9.53 Å². The van der Waals surface area contributed by atoms with E-state index in [-0.39, 0.29) is 10.6 Å². The number of carbonyl (C=O) groups excluding carboxylic acids is 2. The number of carbonyl (C=O) groups is 2. The molecule has 0 heterocycles. The van der Waals surface area contributed by atoms with Crippen LogP contribution in [0.2, 0.25) is 5.02 Å². The second kappa shape index (κ2) is 5.97. The van der Waals surface area contributed by atoms with Crippen LogP contribution in [-0.4, -0.2) is 30.5 Å². The van der Waals surface area contributed by atoms with Crippen molar-refractivity contribution in [1.29, 1.82) is 0 Å². The Morgan fingerprint density at radius 3 is 2.72 bits per heavy atom. The predicted molar refractivity (Wildman–Crippen MR) is 62.5 cm³/mol. The van der Waals surface area contributed by atoms with Crippen LogP contribution in [0.3, 0.4) is 0 Å². The summed E-state index contributed by atoms with van der Waals surface area (Å²) >= 11 is 5.59. The Balaban J connectivity index is 2.92. The van der Waals surface area contributed by atoms with Gasteiger partial charge in [-0.1, -0.05) is 11.6 Å². The molecule has 0 fully saturated rings. The minimum absolute atomic E-state index is 0.129. The van der Waals surface area contributed by atoms with Crippen LogP contribution < -0.4 is 5.32 Å². The Bertz CT molecular complexity index is 503. The number of likely N-dealkylation sites (N-methyl/N-ethyl adjacent to an activating group) is 1. The average molecular weight is 273 g/mol. The predicted octanol–water partition coefficient (Wildman–Crippen LogP) is 1.15. The fraction of sp³-hybridized carbons (Fsp3) is 0.200. The number of amides is 1. The minimum atomic E-state index is -0.957. The summed E-state index contributed by atoms with van der Waals surface area (Å²) in [6.45, 7) is -0.505. The Kier molecular flexibility index (Phi) is 4.61. The molecule has 1 N–H and O–H groups in total. The van der Waals surface area contributed by atoms with Crippen molar-refractivity contribution in [1.82, 2.24) is 5.32 Å². The first-order chi connectivity index (χ1) is 8.45. The van der Waals surface area contributed by atoms with Crippen molar-refractivity contribution < 1.29 is 19.2 Å². The van der Waals surface area contributed by atoms with Crippen molar-refractivity contribution in [2.45, 2.75) is 0 Å². The molecule has 0 radical (unpaired) electrons. The van der Waals surface area contributed by atoms with Crippen LogP contribution in [0.5, 0.6) is 0 Å². The second-order valence-corrected chi connectivity index (χ2v) is 3.60. The van der Waals surface area contributed by atoms with Crippen LogP contribution in [0, 0.1) is 10.1 Å². The third-order valence-electron chi connectivity index (χ3n) is 1.99. The Morgan fingerprint density at radius 2 is 2.17 bits per heavy atom. The van der Waals surface area contributed by atoms with Gasteiger partial charge >= 0.3 is 5.97 Å². The zero-order valence-electron chi connectivity index (χ0n) is 9.31. The van der Waals surface area contributed by atoms with Crippen LogP contribution in [0.25, 0.3) is 0 Å². The van der Waals surface area contributed by atoms with Crippen molar-refractivity contribution in [3.63, 3.8) is 0 Å². The van der Waals surface area contributed by atoms with Crippen molar-refractivity contribution in [3.05, 3.63) is 38.9 Å². The summed E-state index contributed by atoms with van der Waals surface area (Å²) in [5.41, 5.74) is -0.724. The first-order valence-corrected chi connectivity index (χ1v) is 5.15. The number of esters is 1. The van der Waals surface area contributed by atoms with E-state index in [1.54, 1.807) is 0 Å². The van der Waals surface area contributed by atoms with E-state index in [1.165, 1.54) is 19.2 Å². The standard InChI is InChI=1S/C10H9ClN2O5/c1-12-9(14)5-18-10(15)7-3-2-6(11)4-8(7)13(16)17/h2-4H,5H2,1H3,(H,12,14). The van der Waals surface area contributed by atoms with Gasteiger partial charge in [-0.3, -0.25) is 14.9 Å². The van der Waals surface area contributed by atoms with Gasteiger partial charge in [0.2, 0.25) is 0 Å².